The van der Waals surface area contributed by atoms with Crippen LogP contribution < -0.4 is 10.9 Å². The molecule has 2 aliphatic rings. The Morgan fingerprint density at radius 2 is 1.88 bits per heavy atom. The van der Waals surface area contributed by atoms with Gasteiger partial charge in [0.15, 0.2) is 5.82 Å². The van der Waals surface area contributed by atoms with Crippen molar-refractivity contribution in [1.29, 1.82) is 0 Å². The Morgan fingerprint density at radius 1 is 1.12 bits per heavy atom. The lowest BCUT2D eigenvalue weighted by molar-refractivity contribution is 0.410. The number of aromatic amines is 2. The molecule has 1 aromatic carbocycles. The van der Waals surface area contributed by atoms with Crippen molar-refractivity contribution in [3.05, 3.63) is 113 Å². The second kappa shape index (κ2) is 15.4. The second-order valence-electron chi connectivity index (χ2n) is 10.2. The molecule has 9 nitrogen and oxygen atoms in total. The molecule has 1 aliphatic heterocycles. The van der Waals surface area contributed by atoms with Gasteiger partial charge in [0.2, 0.25) is 5.88 Å². The summed E-state index contributed by atoms with van der Waals surface area (Å²) in [5, 5.41) is 19.3. The van der Waals surface area contributed by atoms with Crippen molar-refractivity contribution < 1.29 is 5.11 Å². The van der Waals surface area contributed by atoms with Gasteiger partial charge in [0.05, 0.1) is 16.6 Å². The van der Waals surface area contributed by atoms with Gasteiger partial charge in [0.25, 0.3) is 5.56 Å². The topological polar surface area (TPSA) is 132 Å². The molecule has 1 fully saturated rings. The number of nitrogens with zero attached hydrogens (tertiary/aromatic N) is 4. The Balaban J connectivity index is 0.000000180. The summed E-state index contributed by atoms with van der Waals surface area (Å²) in [7, 11) is 0. The molecule has 0 bridgehead atoms. The first kappa shape index (κ1) is 31.1. The Labute approximate surface area is 251 Å². The third-order valence-corrected chi connectivity index (χ3v) is 6.97. The molecule has 0 amide bonds. The standard InChI is InChI=1S/C20H16N2O.C10H16N4.C4H7NO/c1-13-7-8-15(11-13)19-16(14-5-3-2-4-6-14)12-17-18(22-19)9-10-21-20(17)23;1-2-3-9-12-10(14-13-9)8-4-6-11-7-5-8;1-3-5-4(2)6/h2-13H,1H3,(H,21,23);2-3,8,11H,4-7H2,1H3,(H,12,13,14);3,6H,2H2,1H3/b;3-2+;5-3-. The van der Waals surface area contributed by atoms with E-state index < -0.39 is 0 Å². The summed E-state index contributed by atoms with van der Waals surface area (Å²) in [4.78, 5) is 27.4. The smallest absolute Gasteiger partial charge is 0.257 e. The maximum atomic E-state index is 12.1. The van der Waals surface area contributed by atoms with Crippen molar-refractivity contribution in [2.45, 2.75) is 39.5 Å². The van der Waals surface area contributed by atoms with E-state index in [1.165, 1.54) is 6.21 Å². The minimum atomic E-state index is -0.141. The van der Waals surface area contributed by atoms with Crippen LogP contribution in [0.3, 0.4) is 0 Å². The first-order valence-corrected chi connectivity index (χ1v) is 14.5. The predicted molar refractivity (Wildman–Crippen MR) is 176 cm³/mol. The highest BCUT2D eigenvalue weighted by Gasteiger charge is 2.18. The van der Waals surface area contributed by atoms with Gasteiger partial charge in [-0.05, 0) is 81.6 Å². The number of benzene rings is 1. The van der Waals surface area contributed by atoms with Gasteiger partial charge in [-0.1, -0.05) is 61.6 Å². The van der Waals surface area contributed by atoms with E-state index >= 15 is 0 Å². The number of allylic oxidation sites excluding steroid dienone is 5. The van der Waals surface area contributed by atoms with Gasteiger partial charge in [-0.25, -0.2) is 15.0 Å². The maximum Gasteiger partial charge on any atom is 0.257 e. The third-order valence-electron chi connectivity index (χ3n) is 6.97. The van der Waals surface area contributed by atoms with E-state index in [0.29, 0.717) is 17.2 Å². The lowest BCUT2D eigenvalue weighted by Crippen LogP contribution is -2.27. The molecule has 43 heavy (non-hydrogen) atoms. The average Bonchev–Trinajstić information content (AvgIpc) is 3.68. The summed E-state index contributed by atoms with van der Waals surface area (Å²) < 4.78 is 0. The molecular formula is C34H39N7O2. The highest BCUT2D eigenvalue weighted by molar-refractivity contribution is 5.92. The lowest BCUT2D eigenvalue weighted by Gasteiger charge is -2.19. The molecule has 1 aliphatic carbocycles. The van der Waals surface area contributed by atoms with Crippen LogP contribution in [0.5, 0.6) is 0 Å². The largest absolute Gasteiger partial charge is 0.494 e. The minimum absolute atomic E-state index is 0.108. The van der Waals surface area contributed by atoms with Gasteiger partial charge >= 0.3 is 0 Å². The fraction of sp³-hybridized carbons (Fsp3) is 0.265. The number of piperidine rings is 1. The zero-order chi connectivity index (χ0) is 30.6. The summed E-state index contributed by atoms with van der Waals surface area (Å²) >= 11 is 0. The van der Waals surface area contributed by atoms with E-state index in [0.717, 1.165) is 65.5 Å². The number of aliphatic hydroxyl groups excluding tert-OH is 1. The van der Waals surface area contributed by atoms with E-state index in [1.54, 1.807) is 13.1 Å². The molecule has 0 saturated carbocycles. The predicted octanol–water partition coefficient (Wildman–Crippen LogP) is 6.59. The highest BCUT2D eigenvalue weighted by Crippen LogP contribution is 2.33. The number of fused-ring (bicyclic) bond motifs is 1. The summed E-state index contributed by atoms with van der Waals surface area (Å²) in [5.41, 5.74) is 4.70. The van der Waals surface area contributed by atoms with Crippen molar-refractivity contribution in [1.82, 2.24) is 30.5 Å². The molecule has 1 unspecified atom stereocenters. The van der Waals surface area contributed by atoms with Crippen LogP contribution in [-0.4, -0.2) is 49.6 Å². The molecule has 0 spiro atoms. The van der Waals surface area contributed by atoms with Crippen LogP contribution in [0.2, 0.25) is 0 Å². The number of nitrogens with one attached hydrogen (secondary N) is 3. The summed E-state index contributed by atoms with van der Waals surface area (Å²) in [6.45, 7) is 11.1. The number of H-pyrrole nitrogens is 2. The van der Waals surface area contributed by atoms with Crippen LogP contribution in [0, 0.1) is 5.92 Å². The monoisotopic (exact) mass is 577 g/mol. The molecule has 4 aromatic rings. The number of rotatable bonds is 5. The Bertz CT molecular complexity index is 1690. The quantitative estimate of drug-likeness (QED) is 0.156. The average molecular weight is 578 g/mol. The van der Waals surface area contributed by atoms with Crippen LogP contribution in [0.25, 0.3) is 33.7 Å². The normalized spacial score (nSPS) is 16.5. The van der Waals surface area contributed by atoms with Crippen LogP contribution in [-0.2, 0) is 0 Å². The van der Waals surface area contributed by atoms with Gasteiger partial charge in [0, 0.05) is 23.9 Å². The Morgan fingerprint density at radius 3 is 2.51 bits per heavy atom. The lowest BCUT2D eigenvalue weighted by atomic mass is 9.98. The van der Waals surface area contributed by atoms with Crippen molar-refractivity contribution >= 4 is 28.8 Å². The van der Waals surface area contributed by atoms with Gasteiger partial charge in [-0.15, -0.1) is 0 Å². The van der Waals surface area contributed by atoms with Crippen LogP contribution >= 0.6 is 0 Å². The van der Waals surface area contributed by atoms with Crippen LogP contribution in [0.4, 0.5) is 0 Å². The van der Waals surface area contributed by atoms with Gasteiger partial charge in [0.1, 0.15) is 5.82 Å². The number of hydrogen-bond acceptors (Lipinski definition) is 7. The summed E-state index contributed by atoms with van der Waals surface area (Å²) in [6, 6.07) is 13.9. The summed E-state index contributed by atoms with van der Waals surface area (Å²) in [6.07, 6.45) is 15.8. The molecular weight excluding hydrogens is 538 g/mol. The molecule has 4 N–H and O–H groups in total. The number of aliphatic imine (C=N–C) groups is 1. The summed E-state index contributed by atoms with van der Waals surface area (Å²) in [5.74, 6) is 2.66. The van der Waals surface area contributed by atoms with Crippen molar-refractivity contribution in [2.24, 2.45) is 10.9 Å². The van der Waals surface area contributed by atoms with E-state index in [-0.39, 0.29) is 11.4 Å². The Kier molecular flexibility index (Phi) is 11.1. The van der Waals surface area contributed by atoms with Crippen molar-refractivity contribution in [3.63, 3.8) is 0 Å². The molecule has 0 radical (unpaired) electrons. The molecule has 1 saturated heterocycles. The van der Waals surface area contributed by atoms with E-state index in [2.05, 4.69) is 62.2 Å². The molecule has 1 atom stereocenters. The number of aromatic nitrogens is 5. The van der Waals surface area contributed by atoms with Crippen molar-refractivity contribution in [2.75, 3.05) is 13.1 Å². The molecule has 222 valence electrons. The second-order valence-corrected chi connectivity index (χ2v) is 10.2. The van der Waals surface area contributed by atoms with E-state index in [1.807, 2.05) is 61.5 Å². The fourth-order valence-corrected chi connectivity index (χ4v) is 4.91. The first-order valence-electron chi connectivity index (χ1n) is 14.5. The van der Waals surface area contributed by atoms with Crippen LogP contribution in [0.1, 0.15) is 56.9 Å². The van der Waals surface area contributed by atoms with Crippen LogP contribution in [0.15, 0.2) is 95.2 Å². The van der Waals surface area contributed by atoms with Gasteiger partial charge < -0.3 is 15.4 Å². The van der Waals surface area contributed by atoms with Crippen molar-refractivity contribution in [3.8, 4) is 11.1 Å². The van der Waals surface area contributed by atoms with Gasteiger partial charge in [-0.3, -0.25) is 9.89 Å². The number of aliphatic hydroxyl groups is 1. The molecule has 3 aromatic heterocycles. The maximum absolute atomic E-state index is 12.1. The van der Waals surface area contributed by atoms with E-state index in [4.69, 9.17) is 10.1 Å². The van der Waals surface area contributed by atoms with Gasteiger partial charge in [-0.2, -0.15) is 5.10 Å². The fourth-order valence-electron chi connectivity index (χ4n) is 4.91. The number of pyridine rings is 2. The molecule has 9 heteroatoms. The molecule has 4 heterocycles. The molecule has 6 rings (SSSR count). The zero-order valence-corrected chi connectivity index (χ0v) is 24.9. The highest BCUT2D eigenvalue weighted by atomic mass is 16.3. The SMILES string of the molecule is C/C=C/c1n[nH]c(C2CCNCC2)n1.C=C(O)/N=C\C.CC1C=CC(c2nc3cc[nH]c(=O)c3cc2-c2ccccc2)=C1. The third kappa shape index (κ3) is 8.56. The Hall–Kier alpha value is -4.89. The minimum Gasteiger partial charge on any atom is -0.494 e. The zero-order valence-electron chi connectivity index (χ0n) is 24.9. The number of hydrogen-bond donors (Lipinski definition) is 4. The first-order chi connectivity index (χ1) is 20.9. The van der Waals surface area contributed by atoms with E-state index in [9.17, 15) is 4.79 Å².